The van der Waals surface area contributed by atoms with E-state index in [4.69, 9.17) is 11.7 Å². The van der Waals surface area contributed by atoms with E-state index < -0.39 is 5.91 Å². The first-order valence-electron chi connectivity index (χ1n) is 2.96. The van der Waals surface area contributed by atoms with Gasteiger partial charge in [-0.15, -0.1) is 0 Å². The van der Waals surface area contributed by atoms with E-state index in [0.29, 0.717) is 5.12 Å². The topological polar surface area (TPSA) is 85.2 Å². The van der Waals surface area contributed by atoms with Crippen molar-refractivity contribution in [1.82, 2.24) is 10.1 Å². The Morgan fingerprint density at radius 3 is 2.64 bits per heavy atom. The van der Waals surface area contributed by atoms with Gasteiger partial charge in [-0.2, -0.15) is 0 Å². The van der Waals surface area contributed by atoms with Crippen LogP contribution in [0.25, 0.3) is 0 Å². The van der Waals surface area contributed by atoms with E-state index in [-0.39, 0.29) is 5.69 Å². The molecule has 0 atom stereocenters. The van der Waals surface area contributed by atoms with Crippen LogP contribution in [0.2, 0.25) is 0 Å². The maximum absolute atomic E-state index is 11.0. The van der Waals surface area contributed by atoms with Crippen molar-refractivity contribution in [2.45, 2.75) is 0 Å². The van der Waals surface area contributed by atoms with Gasteiger partial charge in [0, 0.05) is 6.20 Å². The molecule has 11 heavy (non-hydrogen) atoms. The van der Waals surface area contributed by atoms with Gasteiger partial charge in [-0.1, -0.05) is 6.07 Å². The molecule has 0 aliphatic carbocycles. The maximum atomic E-state index is 11.0. The highest BCUT2D eigenvalue weighted by Gasteiger charge is 2.08. The number of hydrogen-bond acceptors (Lipinski definition) is 4. The number of pyridine rings is 1. The van der Waals surface area contributed by atoms with Gasteiger partial charge in [0.1, 0.15) is 5.69 Å². The SMILES string of the molecule is NN(N)C(=O)c1ccccn1. The van der Waals surface area contributed by atoms with Crippen molar-refractivity contribution in [1.29, 1.82) is 0 Å². The number of nitrogens with two attached hydrogens (primary N) is 2. The van der Waals surface area contributed by atoms with Gasteiger partial charge in [-0.25, -0.2) is 16.8 Å². The Hall–Kier alpha value is -1.46. The van der Waals surface area contributed by atoms with Crippen molar-refractivity contribution in [3.05, 3.63) is 30.1 Å². The molecule has 4 N–H and O–H groups in total. The standard InChI is InChI=1S/C6H8N4O/c7-10(8)6(11)5-3-1-2-4-9-5/h1-4H,7-8H2. The molecule has 5 nitrogen and oxygen atoms in total. The van der Waals surface area contributed by atoms with Crippen LogP contribution in [0.3, 0.4) is 0 Å². The fourth-order valence-corrected chi connectivity index (χ4v) is 0.622. The summed E-state index contributed by atoms with van der Waals surface area (Å²) in [5, 5.41) is 0.502. The molecule has 0 unspecified atom stereocenters. The largest absolute Gasteiger partial charge is 0.300 e. The molecule has 0 saturated heterocycles. The summed E-state index contributed by atoms with van der Waals surface area (Å²) >= 11 is 0. The molecule has 0 saturated carbocycles. The number of carbonyl (C=O) groups excluding carboxylic acids is 1. The van der Waals surface area contributed by atoms with Crippen molar-refractivity contribution >= 4 is 5.91 Å². The Balaban J connectivity index is 2.86. The first-order chi connectivity index (χ1) is 5.22. The highest BCUT2D eigenvalue weighted by atomic mass is 16.2. The van der Waals surface area contributed by atoms with Crippen LogP contribution in [0, 0.1) is 0 Å². The predicted octanol–water partition coefficient (Wildman–Crippen LogP) is -0.729. The van der Waals surface area contributed by atoms with E-state index in [1.165, 1.54) is 12.3 Å². The van der Waals surface area contributed by atoms with Crippen LogP contribution in [0.15, 0.2) is 24.4 Å². The summed E-state index contributed by atoms with van der Waals surface area (Å²) in [7, 11) is 0. The van der Waals surface area contributed by atoms with E-state index in [1.54, 1.807) is 12.1 Å². The van der Waals surface area contributed by atoms with E-state index >= 15 is 0 Å². The summed E-state index contributed by atoms with van der Waals surface area (Å²) in [4.78, 5) is 14.7. The molecule has 58 valence electrons. The van der Waals surface area contributed by atoms with Crippen LogP contribution >= 0.6 is 0 Å². The molecule has 1 aromatic heterocycles. The van der Waals surface area contributed by atoms with Gasteiger partial charge in [0.05, 0.1) is 0 Å². The second-order valence-electron chi connectivity index (χ2n) is 1.93. The molecule has 1 amide bonds. The molecule has 0 bridgehead atoms. The van der Waals surface area contributed by atoms with Crippen molar-refractivity contribution < 1.29 is 4.79 Å². The molecule has 1 heterocycles. The number of amides is 1. The van der Waals surface area contributed by atoms with Crippen LogP contribution in [0.4, 0.5) is 0 Å². The first kappa shape index (κ1) is 7.64. The normalized spacial score (nSPS) is 9.27. The smallest absolute Gasteiger partial charge is 0.264 e. The second-order valence-corrected chi connectivity index (χ2v) is 1.93. The third-order valence-electron chi connectivity index (χ3n) is 1.12. The molecule has 1 rings (SSSR count). The Morgan fingerprint density at radius 2 is 2.18 bits per heavy atom. The van der Waals surface area contributed by atoms with Crippen LogP contribution in [-0.4, -0.2) is 16.0 Å². The summed E-state index contributed by atoms with van der Waals surface area (Å²) < 4.78 is 0. The van der Waals surface area contributed by atoms with Gasteiger partial charge in [-0.3, -0.25) is 9.78 Å². The lowest BCUT2D eigenvalue weighted by atomic mass is 10.3. The minimum Gasteiger partial charge on any atom is -0.264 e. The van der Waals surface area contributed by atoms with E-state index in [2.05, 4.69) is 4.98 Å². The minimum atomic E-state index is -0.509. The summed E-state index contributed by atoms with van der Waals surface area (Å²) in [5.74, 6) is 9.47. The van der Waals surface area contributed by atoms with Crippen LogP contribution < -0.4 is 11.7 Å². The zero-order chi connectivity index (χ0) is 8.27. The van der Waals surface area contributed by atoms with E-state index in [0.717, 1.165) is 0 Å². The number of carbonyl (C=O) groups is 1. The Morgan fingerprint density at radius 1 is 1.45 bits per heavy atom. The monoisotopic (exact) mass is 152 g/mol. The van der Waals surface area contributed by atoms with Gasteiger partial charge in [0.2, 0.25) is 0 Å². The molecular formula is C6H8N4O. The predicted molar refractivity (Wildman–Crippen MR) is 38.8 cm³/mol. The number of aromatic nitrogens is 1. The van der Waals surface area contributed by atoms with Gasteiger partial charge in [0.15, 0.2) is 0 Å². The molecule has 1 aromatic rings. The quantitative estimate of drug-likeness (QED) is 0.315. The Labute approximate surface area is 63.6 Å². The highest BCUT2D eigenvalue weighted by Crippen LogP contribution is 1.93. The third kappa shape index (κ3) is 1.73. The maximum Gasteiger partial charge on any atom is 0.300 e. The van der Waals surface area contributed by atoms with Crippen molar-refractivity contribution in [2.24, 2.45) is 11.7 Å². The van der Waals surface area contributed by atoms with Gasteiger partial charge >= 0.3 is 5.91 Å². The molecular weight excluding hydrogens is 144 g/mol. The summed E-state index contributed by atoms with van der Waals surface area (Å²) in [6.07, 6.45) is 1.50. The number of hydrazine groups is 2. The molecule has 0 aliphatic heterocycles. The Bertz CT molecular complexity index is 246. The third-order valence-corrected chi connectivity index (χ3v) is 1.12. The van der Waals surface area contributed by atoms with Crippen LogP contribution in [-0.2, 0) is 0 Å². The molecule has 0 fully saturated rings. The fraction of sp³-hybridized carbons (Fsp3) is 0. The van der Waals surface area contributed by atoms with Crippen LogP contribution in [0.1, 0.15) is 10.5 Å². The van der Waals surface area contributed by atoms with Crippen molar-refractivity contribution in [3.8, 4) is 0 Å². The van der Waals surface area contributed by atoms with E-state index in [9.17, 15) is 4.79 Å². The first-order valence-corrected chi connectivity index (χ1v) is 2.96. The Kier molecular flexibility index (Phi) is 2.15. The fourth-order valence-electron chi connectivity index (χ4n) is 0.622. The number of hydrogen-bond donors (Lipinski definition) is 2. The molecule has 5 heteroatoms. The highest BCUT2D eigenvalue weighted by molar-refractivity contribution is 5.91. The minimum absolute atomic E-state index is 0.234. The summed E-state index contributed by atoms with van der Waals surface area (Å²) in [6, 6.07) is 4.92. The lowest BCUT2D eigenvalue weighted by Gasteiger charge is -2.06. The number of nitrogens with zero attached hydrogens (tertiary/aromatic N) is 2. The molecule has 0 radical (unpaired) electrons. The van der Waals surface area contributed by atoms with E-state index in [1.807, 2.05) is 0 Å². The van der Waals surface area contributed by atoms with Gasteiger partial charge in [-0.05, 0) is 12.1 Å². The number of rotatable bonds is 1. The summed E-state index contributed by atoms with van der Waals surface area (Å²) in [5.41, 5.74) is 0.234. The van der Waals surface area contributed by atoms with Gasteiger partial charge < -0.3 is 0 Å². The average Bonchev–Trinajstić information content (AvgIpc) is 2.05. The van der Waals surface area contributed by atoms with Crippen LogP contribution in [0.5, 0.6) is 0 Å². The van der Waals surface area contributed by atoms with Gasteiger partial charge in [0.25, 0.3) is 0 Å². The van der Waals surface area contributed by atoms with Crippen molar-refractivity contribution in [2.75, 3.05) is 0 Å². The molecule has 0 spiro atoms. The molecule has 0 aromatic carbocycles. The average molecular weight is 152 g/mol. The second kappa shape index (κ2) is 3.09. The zero-order valence-corrected chi connectivity index (χ0v) is 5.77. The van der Waals surface area contributed by atoms with Crippen molar-refractivity contribution in [3.63, 3.8) is 0 Å². The molecule has 0 aliphatic rings. The summed E-state index contributed by atoms with van der Waals surface area (Å²) in [6.45, 7) is 0. The lowest BCUT2D eigenvalue weighted by Crippen LogP contribution is -2.43. The lowest BCUT2D eigenvalue weighted by molar-refractivity contribution is 0.0749. The zero-order valence-electron chi connectivity index (χ0n) is 5.77.